The van der Waals surface area contributed by atoms with Gasteiger partial charge in [0.05, 0.1) is 0 Å². The molecule has 0 radical (unpaired) electrons. The van der Waals surface area contributed by atoms with Crippen molar-refractivity contribution in [3.63, 3.8) is 0 Å². The predicted molar refractivity (Wildman–Crippen MR) is 75.8 cm³/mol. The SMILES string of the molecule is Cc1cnc(-c2cccc(C)c2-c2ncc(C)[nH]2)[nH]1.[Cl-].[Cl-].[Pt+2]. The van der Waals surface area contributed by atoms with Crippen LogP contribution in [0.5, 0.6) is 0 Å². The molecule has 0 saturated carbocycles. The third-order valence-electron chi connectivity index (χ3n) is 3.17. The normalized spacial score (nSPS) is 9.41. The standard InChI is InChI=1S/C15H16N4.2ClH.Pt/c1-9-5-4-6-12(14-16-7-10(2)18-14)13(9)15-17-8-11(3)19-15;;;/h4-8H,1-3H3,(H,16,18)(H,17,19);2*1H;/q;;;+2/p-2. The molecule has 0 aliphatic rings. The molecule has 0 amide bonds. The van der Waals surface area contributed by atoms with Crippen molar-refractivity contribution < 1.29 is 45.9 Å². The van der Waals surface area contributed by atoms with Crippen LogP contribution in [0.3, 0.4) is 0 Å². The number of halogens is 2. The van der Waals surface area contributed by atoms with Crippen LogP contribution in [0.1, 0.15) is 17.0 Å². The van der Waals surface area contributed by atoms with E-state index < -0.39 is 0 Å². The van der Waals surface area contributed by atoms with Crippen molar-refractivity contribution in [1.29, 1.82) is 0 Å². The van der Waals surface area contributed by atoms with Crippen molar-refractivity contribution >= 4 is 0 Å². The molecular formula is C15H16Cl2N4Pt. The second-order valence-corrected chi connectivity index (χ2v) is 4.83. The molecular weight excluding hydrogens is 502 g/mol. The van der Waals surface area contributed by atoms with Gasteiger partial charge >= 0.3 is 21.1 Å². The fourth-order valence-electron chi connectivity index (χ4n) is 2.27. The maximum absolute atomic E-state index is 4.44. The van der Waals surface area contributed by atoms with E-state index in [1.807, 2.05) is 32.3 Å². The summed E-state index contributed by atoms with van der Waals surface area (Å²) >= 11 is 0. The topological polar surface area (TPSA) is 57.4 Å². The number of rotatable bonds is 2. The van der Waals surface area contributed by atoms with E-state index in [9.17, 15) is 0 Å². The number of aromatic nitrogens is 4. The van der Waals surface area contributed by atoms with E-state index in [4.69, 9.17) is 0 Å². The monoisotopic (exact) mass is 517 g/mol. The molecule has 22 heavy (non-hydrogen) atoms. The predicted octanol–water partition coefficient (Wildman–Crippen LogP) is -2.60. The first-order valence-corrected chi connectivity index (χ1v) is 6.28. The van der Waals surface area contributed by atoms with Gasteiger partial charge in [0, 0.05) is 34.9 Å². The van der Waals surface area contributed by atoms with Gasteiger partial charge in [-0.05, 0) is 26.3 Å². The summed E-state index contributed by atoms with van der Waals surface area (Å²) in [5.74, 6) is 1.77. The Morgan fingerprint density at radius 1 is 0.818 bits per heavy atom. The molecule has 0 bridgehead atoms. The molecule has 7 heteroatoms. The number of nitrogens with zero attached hydrogens (tertiary/aromatic N) is 2. The summed E-state index contributed by atoms with van der Waals surface area (Å²) in [6.45, 7) is 6.10. The zero-order chi connectivity index (χ0) is 13.4. The van der Waals surface area contributed by atoms with E-state index in [0.29, 0.717) is 0 Å². The van der Waals surface area contributed by atoms with Gasteiger partial charge in [-0.15, -0.1) is 0 Å². The van der Waals surface area contributed by atoms with Crippen LogP contribution >= 0.6 is 0 Å². The smallest absolute Gasteiger partial charge is 1.00 e. The Hall–Kier alpha value is -1.09. The zero-order valence-electron chi connectivity index (χ0n) is 12.4. The Morgan fingerprint density at radius 2 is 1.36 bits per heavy atom. The molecule has 2 aromatic heterocycles. The molecule has 0 atom stereocenters. The molecule has 0 aliphatic carbocycles. The Morgan fingerprint density at radius 3 is 1.86 bits per heavy atom. The minimum absolute atomic E-state index is 0. The zero-order valence-corrected chi connectivity index (χ0v) is 16.1. The molecule has 0 saturated heterocycles. The number of nitrogens with one attached hydrogen (secondary N) is 2. The van der Waals surface area contributed by atoms with Gasteiger partial charge in [0.1, 0.15) is 11.6 Å². The van der Waals surface area contributed by atoms with E-state index >= 15 is 0 Å². The van der Waals surface area contributed by atoms with Crippen LogP contribution in [0.15, 0.2) is 30.6 Å². The van der Waals surface area contributed by atoms with Crippen LogP contribution in [0.2, 0.25) is 0 Å². The minimum atomic E-state index is 0. The van der Waals surface area contributed by atoms with E-state index in [0.717, 1.165) is 34.2 Å². The molecule has 0 aliphatic heterocycles. The Balaban J connectivity index is 0.00000147. The van der Waals surface area contributed by atoms with Crippen molar-refractivity contribution in [2.45, 2.75) is 20.8 Å². The van der Waals surface area contributed by atoms with Gasteiger partial charge in [0.2, 0.25) is 0 Å². The van der Waals surface area contributed by atoms with Crippen molar-refractivity contribution in [3.05, 3.63) is 47.5 Å². The maximum Gasteiger partial charge on any atom is 2.00 e. The molecule has 3 rings (SSSR count). The molecule has 120 valence electrons. The Labute approximate surface area is 156 Å². The Bertz CT molecular complexity index is 737. The first-order chi connectivity index (χ1) is 9.15. The molecule has 2 heterocycles. The third-order valence-corrected chi connectivity index (χ3v) is 3.17. The second-order valence-electron chi connectivity index (χ2n) is 4.83. The largest absolute Gasteiger partial charge is 2.00 e. The van der Waals surface area contributed by atoms with Crippen LogP contribution in [0.4, 0.5) is 0 Å². The molecule has 0 unspecified atom stereocenters. The summed E-state index contributed by atoms with van der Waals surface area (Å²) in [5, 5.41) is 0. The van der Waals surface area contributed by atoms with Gasteiger partial charge in [-0.1, -0.05) is 18.2 Å². The van der Waals surface area contributed by atoms with Crippen molar-refractivity contribution in [2.24, 2.45) is 0 Å². The molecule has 3 aromatic rings. The van der Waals surface area contributed by atoms with Gasteiger partial charge in [-0.3, -0.25) is 0 Å². The summed E-state index contributed by atoms with van der Waals surface area (Å²) in [4.78, 5) is 15.4. The van der Waals surface area contributed by atoms with E-state index in [2.05, 4.69) is 39.0 Å². The van der Waals surface area contributed by atoms with E-state index in [-0.39, 0.29) is 45.9 Å². The molecule has 2 N–H and O–H groups in total. The van der Waals surface area contributed by atoms with Gasteiger partial charge < -0.3 is 34.8 Å². The van der Waals surface area contributed by atoms with Crippen molar-refractivity contribution in [2.75, 3.05) is 0 Å². The number of hydrogen-bond donors (Lipinski definition) is 2. The van der Waals surface area contributed by atoms with Gasteiger partial charge in [0.15, 0.2) is 0 Å². The number of H-pyrrole nitrogens is 2. The maximum atomic E-state index is 4.44. The summed E-state index contributed by atoms with van der Waals surface area (Å²) < 4.78 is 0. The number of aryl methyl sites for hydroxylation is 3. The van der Waals surface area contributed by atoms with Gasteiger partial charge in [-0.25, -0.2) is 9.97 Å². The summed E-state index contributed by atoms with van der Waals surface area (Å²) in [5.41, 5.74) is 5.46. The third kappa shape index (κ3) is 4.01. The summed E-state index contributed by atoms with van der Waals surface area (Å²) in [6, 6.07) is 6.20. The number of aromatic amines is 2. The van der Waals surface area contributed by atoms with E-state index in [1.165, 1.54) is 5.56 Å². The van der Waals surface area contributed by atoms with E-state index in [1.54, 1.807) is 0 Å². The number of benzene rings is 1. The van der Waals surface area contributed by atoms with Crippen molar-refractivity contribution in [3.8, 4) is 22.8 Å². The molecule has 1 aromatic carbocycles. The van der Waals surface area contributed by atoms with Crippen LogP contribution in [-0.2, 0) is 21.1 Å². The van der Waals surface area contributed by atoms with Crippen LogP contribution in [0, 0.1) is 20.8 Å². The minimum Gasteiger partial charge on any atom is -1.00 e. The Kier molecular flexibility index (Phi) is 8.09. The first-order valence-electron chi connectivity index (χ1n) is 6.28. The fourth-order valence-corrected chi connectivity index (χ4v) is 2.27. The van der Waals surface area contributed by atoms with Crippen LogP contribution in [-0.4, -0.2) is 19.9 Å². The van der Waals surface area contributed by atoms with Gasteiger partial charge in [-0.2, -0.15) is 0 Å². The van der Waals surface area contributed by atoms with Crippen molar-refractivity contribution in [1.82, 2.24) is 19.9 Å². The average Bonchev–Trinajstić information content (AvgIpc) is 2.98. The average molecular weight is 518 g/mol. The molecule has 4 nitrogen and oxygen atoms in total. The fraction of sp³-hybridized carbons (Fsp3) is 0.200. The molecule has 0 spiro atoms. The summed E-state index contributed by atoms with van der Waals surface area (Å²) in [7, 11) is 0. The van der Waals surface area contributed by atoms with Crippen LogP contribution < -0.4 is 24.8 Å². The second kappa shape index (κ2) is 8.52. The number of imidazole rings is 2. The summed E-state index contributed by atoms with van der Waals surface area (Å²) in [6.07, 6.45) is 3.69. The van der Waals surface area contributed by atoms with Gasteiger partial charge in [0.25, 0.3) is 0 Å². The number of hydrogen-bond acceptors (Lipinski definition) is 2. The first kappa shape index (κ1) is 20.9. The quantitative estimate of drug-likeness (QED) is 0.391. The molecule has 0 fully saturated rings. The van der Waals surface area contributed by atoms with Crippen LogP contribution in [0.25, 0.3) is 22.8 Å².